The first-order chi connectivity index (χ1) is 13.9. The van der Waals surface area contributed by atoms with Crippen molar-refractivity contribution in [3.05, 3.63) is 87.1 Å². The molecule has 2 heterocycles. The number of rotatable bonds is 4. The number of carbonyl (C=O) groups excluding carboxylic acids is 1. The smallest absolute Gasteiger partial charge is 0.269 e. The van der Waals surface area contributed by atoms with E-state index in [0.29, 0.717) is 16.7 Å². The number of amidine groups is 1. The highest BCUT2D eigenvalue weighted by Crippen LogP contribution is 2.46. The lowest BCUT2D eigenvalue weighted by Gasteiger charge is -2.21. The molecule has 9 heteroatoms. The number of hydrogen-bond donors (Lipinski definition) is 1. The molecule has 1 atom stereocenters. The fraction of sp³-hybridized carbons (Fsp3) is 0.150. The molecule has 0 amide bonds. The minimum absolute atomic E-state index is 0.0156. The summed E-state index contributed by atoms with van der Waals surface area (Å²) in [5, 5.41) is 15.4. The number of nitro benzene ring substituents is 1. The van der Waals surface area contributed by atoms with Gasteiger partial charge in [-0.05, 0) is 18.1 Å². The third kappa shape index (κ3) is 3.64. The summed E-state index contributed by atoms with van der Waals surface area (Å²) in [6, 6.07) is 15.7. The molecule has 0 spiro atoms. The van der Waals surface area contributed by atoms with Gasteiger partial charge in [0, 0.05) is 17.7 Å². The highest BCUT2D eigenvalue weighted by atomic mass is 32.2. The van der Waals surface area contributed by atoms with Crippen LogP contribution in [0.5, 0.6) is 0 Å². The average molecular weight is 407 g/mol. The van der Waals surface area contributed by atoms with E-state index in [1.54, 1.807) is 12.1 Å². The topological polar surface area (TPSA) is 116 Å². The lowest BCUT2D eigenvalue weighted by Crippen LogP contribution is -2.18. The number of nitrogens with zero attached hydrogens (tertiary/aromatic N) is 4. The maximum absolute atomic E-state index is 12.9. The number of carbonyl (C=O) groups is 1. The highest BCUT2D eigenvalue weighted by Gasteiger charge is 2.32. The Morgan fingerprint density at radius 3 is 2.55 bits per heavy atom. The van der Waals surface area contributed by atoms with Crippen LogP contribution < -0.4 is 5.73 Å². The number of benzene rings is 2. The summed E-state index contributed by atoms with van der Waals surface area (Å²) in [6.45, 7) is 1.82. The number of nitrogens with two attached hydrogens (primary N) is 1. The van der Waals surface area contributed by atoms with Gasteiger partial charge in [0.1, 0.15) is 0 Å². The number of aliphatic imine (C=N–C) groups is 1. The predicted molar refractivity (Wildman–Crippen MR) is 112 cm³/mol. The maximum Gasteiger partial charge on any atom is 0.269 e. The minimum Gasteiger partial charge on any atom is -0.378 e. The quantitative estimate of drug-likeness (QED) is 0.520. The molecule has 146 valence electrons. The molecular weight excluding hydrogens is 390 g/mol. The molecule has 29 heavy (non-hydrogen) atoms. The van der Waals surface area contributed by atoms with Crippen molar-refractivity contribution in [2.24, 2.45) is 10.7 Å². The van der Waals surface area contributed by atoms with Crippen molar-refractivity contribution in [3.63, 3.8) is 0 Å². The van der Waals surface area contributed by atoms with E-state index in [4.69, 9.17) is 5.73 Å². The van der Waals surface area contributed by atoms with Gasteiger partial charge in [-0.15, -0.1) is 0 Å². The second-order valence-corrected chi connectivity index (χ2v) is 7.71. The summed E-state index contributed by atoms with van der Waals surface area (Å²) in [5.74, 6) is 0.217. The third-order valence-electron chi connectivity index (χ3n) is 4.64. The second-order valence-electron chi connectivity index (χ2n) is 6.59. The van der Waals surface area contributed by atoms with Crippen LogP contribution in [-0.2, 0) is 6.42 Å². The summed E-state index contributed by atoms with van der Waals surface area (Å²) in [4.78, 5) is 27.7. The van der Waals surface area contributed by atoms with E-state index in [-0.39, 0.29) is 23.3 Å². The standard InChI is InChI=1S/C20H17N5O3S/c1-12-17-18(14-7-9-15(10-8-14)25(27)28)29-20(21)22-19(17)24(23-12)16(26)11-13-5-3-2-4-6-13/h2-10,18H,11H2,1H3,(H2,21,22). The Hall–Kier alpha value is -3.46. The first-order valence-corrected chi connectivity index (χ1v) is 9.74. The fourth-order valence-electron chi connectivity index (χ4n) is 3.28. The van der Waals surface area contributed by atoms with E-state index in [1.807, 2.05) is 37.3 Å². The van der Waals surface area contributed by atoms with Gasteiger partial charge in [-0.1, -0.05) is 54.2 Å². The summed E-state index contributed by atoms with van der Waals surface area (Å²) >= 11 is 1.33. The highest BCUT2D eigenvalue weighted by molar-refractivity contribution is 8.14. The van der Waals surface area contributed by atoms with Crippen molar-refractivity contribution in [2.75, 3.05) is 0 Å². The fourth-order valence-corrected chi connectivity index (χ4v) is 4.34. The van der Waals surface area contributed by atoms with Crippen molar-refractivity contribution in [1.82, 2.24) is 9.78 Å². The average Bonchev–Trinajstić information content (AvgIpc) is 3.04. The number of fused-ring (bicyclic) bond motifs is 1. The number of non-ortho nitro benzene ring substituents is 1. The van der Waals surface area contributed by atoms with Gasteiger partial charge in [0.15, 0.2) is 11.0 Å². The van der Waals surface area contributed by atoms with Gasteiger partial charge in [0.05, 0.1) is 22.3 Å². The molecule has 1 aliphatic rings. The van der Waals surface area contributed by atoms with E-state index < -0.39 is 4.92 Å². The zero-order valence-corrected chi connectivity index (χ0v) is 16.3. The number of hydrogen-bond acceptors (Lipinski definition) is 7. The van der Waals surface area contributed by atoms with E-state index in [2.05, 4.69) is 10.1 Å². The molecule has 1 aliphatic heterocycles. The molecule has 0 fully saturated rings. The molecule has 3 aromatic rings. The SMILES string of the molecule is Cc1nn(C(=O)Cc2ccccc2)c2c1C(c1ccc([N+](=O)[O-])cc1)SC(N)=N2. The molecule has 0 aliphatic carbocycles. The number of aryl methyl sites for hydroxylation is 1. The van der Waals surface area contributed by atoms with Crippen LogP contribution in [0.1, 0.15) is 32.4 Å². The molecule has 4 rings (SSSR count). The van der Waals surface area contributed by atoms with Crippen molar-refractivity contribution in [3.8, 4) is 0 Å². The van der Waals surface area contributed by atoms with Crippen LogP contribution in [0.3, 0.4) is 0 Å². The van der Waals surface area contributed by atoms with Gasteiger partial charge >= 0.3 is 0 Å². The van der Waals surface area contributed by atoms with E-state index >= 15 is 0 Å². The third-order valence-corrected chi connectivity index (χ3v) is 5.72. The van der Waals surface area contributed by atoms with Crippen LogP contribution in [0.2, 0.25) is 0 Å². The Morgan fingerprint density at radius 1 is 1.21 bits per heavy atom. The Kier molecular flexibility index (Phi) is 4.89. The number of aromatic nitrogens is 2. The number of thioether (sulfide) groups is 1. The Morgan fingerprint density at radius 2 is 1.90 bits per heavy atom. The van der Waals surface area contributed by atoms with E-state index in [0.717, 1.165) is 16.7 Å². The molecule has 8 nitrogen and oxygen atoms in total. The second kappa shape index (κ2) is 7.51. The first-order valence-electron chi connectivity index (χ1n) is 8.86. The normalized spacial score (nSPS) is 15.5. The van der Waals surface area contributed by atoms with Crippen LogP contribution in [0.15, 0.2) is 59.6 Å². The Labute approximate surface area is 170 Å². The van der Waals surface area contributed by atoms with Gasteiger partial charge in [-0.2, -0.15) is 9.78 Å². The van der Waals surface area contributed by atoms with Crippen LogP contribution in [0, 0.1) is 17.0 Å². The van der Waals surface area contributed by atoms with Gasteiger partial charge in [0.25, 0.3) is 11.6 Å². The monoisotopic (exact) mass is 407 g/mol. The summed E-state index contributed by atoms with van der Waals surface area (Å²) in [6.07, 6.45) is 0.194. The minimum atomic E-state index is -0.440. The van der Waals surface area contributed by atoms with E-state index in [1.165, 1.54) is 28.6 Å². The predicted octanol–water partition coefficient (Wildman–Crippen LogP) is 3.77. The van der Waals surface area contributed by atoms with Crippen molar-refractivity contribution in [2.45, 2.75) is 18.6 Å². The molecule has 1 aromatic heterocycles. The van der Waals surface area contributed by atoms with Gasteiger partial charge in [-0.25, -0.2) is 4.99 Å². The maximum atomic E-state index is 12.9. The summed E-state index contributed by atoms with van der Waals surface area (Å²) in [5.41, 5.74) is 9.23. The van der Waals surface area contributed by atoms with Gasteiger partial charge in [-0.3, -0.25) is 14.9 Å². The van der Waals surface area contributed by atoms with Crippen LogP contribution in [0.25, 0.3) is 0 Å². The van der Waals surface area contributed by atoms with Crippen molar-refractivity contribution in [1.29, 1.82) is 0 Å². The van der Waals surface area contributed by atoms with Crippen molar-refractivity contribution < 1.29 is 9.72 Å². The first kappa shape index (κ1) is 18.9. The molecular formula is C20H17N5O3S. The van der Waals surface area contributed by atoms with Gasteiger partial charge in [0.2, 0.25) is 0 Å². The molecule has 2 aromatic carbocycles. The molecule has 0 saturated carbocycles. The molecule has 0 saturated heterocycles. The largest absolute Gasteiger partial charge is 0.378 e. The lowest BCUT2D eigenvalue weighted by atomic mass is 10.0. The zero-order chi connectivity index (χ0) is 20.5. The van der Waals surface area contributed by atoms with Crippen LogP contribution >= 0.6 is 11.8 Å². The van der Waals surface area contributed by atoms with E-state index in [9.17, 15) is 14.9 Å². The molecule has 2 N–H and O–H groups in total. The van der Waals surface area contributed by atoms with Crippen molar-refractivity contribution >= 4 is 34.3 Å². The lowest BCUT2D eigenvalue weighted by molar-refractivity contribution is -0.384. The zero-order valence-electron chi connectivity index (χ0n) is 15.5. The molecule has 1 unspecified atom stereocenters. The molecule has 0 bridgehead atoms. The molecule has 0 radical (unpaired) electrons. The Balaban J connectivity index is 1.72. The summed E-state index contributed by atoms with van der Waals surface area (Å²) in [7, 11) is 0. The Bertz CT molecular complexity index is 1120. The van der Waals surface area contributed by atoms with Crippen LogP contribution in [-0.4, -0.2) is 25.8 Å². The summed E-state index contributed by atoms with van der Waals surface area (Å²) < 4.78 is 1.31. The number of nitro groups is 1. The van der Waals surface area contributed by atoms with Gasteiger partial charge < -0.3 is 5.73 Å². The van der Waals surface area contributed by atoms with Crippen LogP contribution in [0.4, 0.5) is 11.5 Å².